The third kappa shape index (κ3) is 4.43. The van der Waals surface area contributed by atoms with Crippen molar-refractivity contribution < 1.29 is 18.3 Å². The number of halogens is 1. The number of carbonyl (C=O) groups excluding carboxylic acids is 1. The van der Waals surface area contributed by atoms with Crippen LogP contribution < -0.4 is 10.1 Å². The molecule has 25 heavy (non-hydrogen) atoms. The van der Waals surface area contributed by atoms with E-state index in [-0.39, 0.29) is 29.8 Å². The number of carbonyl (C=O) groups is 1. The minimum Gasteiger partial charge on any atom is -0.481 e. The van der Waals surface area contributed by atoms with E-state index in [0.29, 0.717) is 13.0 Å². The fourth-order valence-corrected chi connectivity index (χ4v) is 2.19. The van der Waals surface area contributed by atoms with Gasteiger partial charge in [-0.25, -0.2) is 9.37 Å². The average molecular weight is 344 g/mol. The number of hydrogen-bond donors (Lipinski definition) is 1. The molecule has 0 atom stereocenters. The smallest absolute Gasteiger partial charge is 0.273 e. The van der Waals surface area contributed by atoms with Crippen molar-refractivity contribution >= 4 is 5.91 Å². The van der Waals surface area contributed by atoms with Crippen molar-refractivity contribution in [2.45, 2.75) is 13.0 Å². The predicted octanol–water partition coefficient (Wildman–Crippen LogP) is 2.10. The lowest BCUT2D eigenvalue weighted by Gasteiger charge is -2.03. The molecule has 8 heteroatoms. The fraction of sp³-hybridized carbons (Fsp3) is 0.235. The summed E-state index contributed by atoms with van der Waals surface area (Å²) in [5.41, 5.74) is 1.18. The molecule has 3 aromatic rings. The van der Waals surface area contributed by atoms with E-state index in [1.54, 1.807) is 23.0 Å². The van der Waals surface area contributed by atoms with Gasteiger partial charge in [-0.3, -0.25) is 9.48 Å². The topological polar surface area (TPSA) is 82.2 Å². The highest BCUT2D eigenvalue weighted by atomic mass is 19.1. The molecule has 7 nitrogen and oxygen atoms in total. The Hall–Kier alpha value is -3.16. The molecule has 130 valence electrons. The zero-order valence-corrected chi connectivity index (χ0v) is 13.6. The van der Waals surface area contributed by atoms with Crippen LogP contribution in [-0.4, -0.2) is 27.2 Å². The van der Waals surface area contributed by atoms with Gasteiger partial charge in [-0.2, -0.15) is 5.10 Å². The van der Waals surface area contributed by atoms with Gasteiger partial charge in [0.25, 0.3) is 5.91 Å². The lowest BCUT2D eigenvalue weighted by atomic mass is 10.2. The Balaban J connectivity index is 1.48. The summed E-state index contributed by atoms with van der Waals surface area (Å²) in [6, 6.07) is 6.03. The van der Waals surface area contributed by atoms with Gasteiger partial charge in [0, 0.05) is 19.8 Å². The largest absolute Gasteiger partial charge is 0.481 e. The van der Waals surface area contributed by atoms with Gasteiger partial charge in [0.05, 0.1) is 6.20 Å². The second kappa shape index (κ2) is 7.61. The van der Waals surface area contributed by atoms with Crippen LogP contribution in [-0.2, 0) is 20.1 Å². The number of aromatic nitrogens is 3. The van der Waals surface area contributed by atoms with Gasteiger partial charge in [-0.05, 0) is 24.1 Å². The van der Waals surface area contributed by atoms with Crippen LogP contribution in [0.3, 0.4) is 0 Å². The first kappa shape index (κ1) is 16.7. The van der Waals surface area contributed by atoms with Crippen molar-refractivity contribution in [2.75, 3.05) is 6.54 Å². The number of rotatable bonds is 7. The lowest BCUT2D eigenvalue weighted by molar-refractivity contribution is 0.0949. The highest BCUT2D eigenvalue weighted by Crippen LogP contribution is 2.17. The minimum absolute atomic E-state index is 0.0656. The Morgan fingerprint density at radius 2 is 2.24 bits per heavy atom. The van der Waals surface area contributed by atoms with Gasteiger partial charge < -0.3 is 14.5 Å². The summed E-state index contributed by atoms with van der Waals surface area (Å²) in [5, 5.41) is 6.82. The van der Waals surface area contributed by atoms with E-state index in [4.69, 9.17) is 9.15 Å². The molecule has 0 fully saturated rings. The van der Waals surface area contributed by atoms with Gasteiger partial charge in [-0.15, -0.1) is 0 Å². The number of hydrogen-bond acceptors (Lipinski definition) is 5. The predicted molar refractivity (Wildman–Crippen MR) is 86.5 cm³/mol. The SMILES string of the molecule is Cn1cc(CCNC(=O)c2coc(COc3ccccc3F)n2)cn1. The normalized spacial score (nSPS) is 10.6. The van der Waals surface area contributed by atoms with Crippen molar-refractivity contribution in [3.8, 4) is 5.75 Å². The molecule has 2 heterocycles. The Labute approximate surface area is 143 Å². The average Bonchev–Trinajstić information content (AvgIpc) is 3.23. The van der Waals surface area contributed by atoms with E-state index in [0.717, 1.165) is 5.56 Å². The Morgan fingerprint density at radius 3 is 3.00 bits per heavy atom. The number of para-hydroxylation sites is 1. The summed E-state index contributed by atoms with van der Waals surface area (Å²) < 4.78 is 25.6. The minimum atomic E-state index is -0.470. The maximum Gasteiger partial charge on any atom is 0.273 e. The zero-order valence-electron chi connectivity index (χ0n) is 13.6. The number of aryl methyl sites for hydroxylation is 1. The molecule has 2 aromatic heterocycles. The van der Waals surface area contributed by atoms with Gasteiger partial charge in [-0.1, -0.05) is 12.1 Å². The van der Waals surface area contributed by atoms with Crippen LogP contribution in [0.2, 0.25) is 0 Å². The lowest BCUT2D eigenvalue weighted by Crippen LogP contribution is -2.26. The molecule has 0 aliphatic carbocycles. The molecule has 0 saturated carbocycles. The summed E-state index contributed by atoms with van der Waals surface area (Å²) in [7, 11) is 1.84. The molecule has 0 spiro atoms. The molecule has 0 unspecified atom stereocenters. The van der Waals surface area contributed by atoms with Gasteiger partial charge in [0.2, 0.25) is 5.89 Å². The number of nitrogens with one attached hydrogen (secondary N) is 1. The van der Waals surface area contributed by atoms with E-state index in [1.807, 2.05) is 13.2 Å². The second-order valence-electron chi connectivity index (χ2n) is 5.37. The van der Waals surface area contributed by atoms with E-state index in [2.05, 4.69) is 15.4 Å². The first-order chi connectivity index (χ1) is 12.1. The van der Waals surface area contributed by atoms with Crippen LogP contribution >= 0.6 is 0 Å². The van der Waals surface area contributed by atoms with Crippen molar-refractivity contribution in [3.05, 3.63) is 65.9 Å². The number of nitrogens with zero attached hydrogens (tertiary/aromatic N) is 3. The summed E-state index contributed by atoms with van der Waals surface area (Å²) in [4.78, 5) is 16.1. The third-order valence-electron chi connectivity index (χ3n) is 3.43. The van der Waals surface area contributed by atoms with Crippen LogP contribution in [0.25, 0.3) is 0 Å². The first-order valence-electron chi connectivity index (χ1n) is 7.69. The first-order valence-corrected chi connectivity index (χ1v) is 7.69. The Kier molecular flexibility index (Phi) is 5.08. The maximum absolute atomic E-state index is 13.5. The molecular formula is C17H17FN4O3. The third-order valence-corrected chi connectivity index (χ3v) is 3.43. The standard InChI is InChI=1S/C17H17FN4O3/c1-22-9-12(8-20-22)6-7-19-17(23)14-10-25-16(21-14)11-24-15-5-3-2-4-13(15)18/h2-5,8-10H,6-7,11H2,1H3,(H,19,23). The summed E-state index contributed by atoms with van der Waals surface area (Å²) in [6.45, 7) is 0.391. The fourth-order valence-electron chi connectivity index (χ4n) is 2.19. The number of oxazole rings is 1. The monoisotopic (exact) mass is 344 g/mol. The van der Waals surface area contributed by atoms with Crippen LogP contribution in [0.15, 0.2) is 47.3 Å². The molecule has 0 aliphatic heterocycles. The van der Waals surface area contributed by atoms with E-state index in [1.165, 1.54) is 18.4 Å². The van der Waals surface area contributed by atoms with Gasteiger partial charge in [0.15, 0.2) is 23.9 Å². The van der Waals surface area contributed by atoms with Crippen LogP contribution in [0.1, 0.15) is 21.9 Å². The summed E-state index contributed by atoms with van der Waals surface area (Å²) in [5.74, 6) is -0.518. The maximum atomic E-state index is 13.5. The van der Waals surface area contributed by atoms with E-state index >= 15 is 0 Å². The van der Waals surface area contributed by atoms with Crippen molar-refractivity contribution in [3.63, 3.8) is 0 Å². The van der Waals surface area contributed by atoms with Crippen molar-refractivity contribution in [1.29, 1.82) is 0 Å². The summed E-state index contributed by atoms with van der Waals surface area (Å²) >= 11 is 0. The molecule has 1 aromatic carbocycles. The van der Waals surface area contributed by atoms with Crippen LogP contribution in [0, 0.1) is 5.82 Å². The molecule has 0 saturated heterocycles. The number of benzene rings is 1. The number of ether oxygens (including phenoxy) is 1. The summed E-state index contributed by atoms with van der Waals surface area (Å²) in [6.07, 6.45) is 5.56. The van der Waals surface area contributed by atoms with Gasteiger partial charge in [0.1, 0.15) is 6.26 Å². The van der Waals surface area contributed by atoms with E-state index < -0.39 is 5.82 Å². The molecule has 3 rings (SSSR count). The second-order valence-corrected chi connectivity index (χ2v) is 5.37. The zero-order chi connectivity index (χ0) is 17.6. The molecule has 1 amide bonds. The molecular weight excluding hydrogens is 327 g/mol. The molecule has 0 aliphatic rings. The van der Waals surface area contributed by atoms with E-state index in [9.17, 15) is 9.18 Å². The Bertz CT molecular complexity index is 859. The Morgan fingerprint density at radius 1 is 1.40 bits per heavy atom. The quantitative estimate of drug-likeness (QED) is 0.710. The van der Waals surface area contributed by atoms with Crippen LogP contribution in [0.4, 0.5) is 4.39 Å². The highest BCUT2D eigenvalue weighted by molar-refractivity contribution is 5.91. The molecule has 0 radical (unpaired) electrons. The van der Waals surface area contributed by atoms with Gasteiger partial charge >= 0.3 is 0 Å². The highest BCUT2D eigenvalue weighted by Gasteiger charge is 2.13. The molecule has 1 N–H and O–H groups in total. The van der Waals surface area contributed by atoms with Crippen molar-refractivity contribution in [2.24, 2.45) is 7.05 Å². The van der Waals surface area contributed by atoms with Crippen molar-refractivity contribution in [1.82, 2.24) is 20.1 Å². The van der Waals surface area contributed by atoms with Crippen LogP contribution in [0.5, 0.6) is 5.75 Å². The number of amides is 1. The molecule has 0 bridgehead atoms.